The molecule has 0 aromatic heterocycles. The Balaban J connectivity index is 1.61. The van der Waals surface area contributed by atoms with Crippen LogP contribution in [0, 0.1) is 0 Å². The van der Waals surface area contributed by atoms with E-state index in [1.165, 1.54) is 18.6 Å². The molecule has 0 aliphatic heterocycles. The number of rotatable bonds is 12. The first-order chi connectivity index (χ1) is 17.3. The van der Waals surface area contributed by atoms with Gasteiger partial charge in [0.15, 0.2) is 0 Å². The molecule has 1 amide bonds. The second-order valence-electron chi connectivity index (χ2n) is 9.58. The number of carbonyl (C=O) groups is 1. The molecule has 0 unspecified atom stereocenters. The number of hydrogen-bond donors (Lipinski definition) is 2. The van der Waals surface area contributed by atoms with Crippen molar-refractivity contribution in [1.82, 2.24) is 0 Å². The van der Waals surface area contributed by atoms with Crippen LogP contribution in [-0.2, 0) is 17.5 Å². The predicted octanol–water partition coefficient (Wildman–Crippen LogP) is 8.56. The third-order valence-corrected chi connectivity index (χ3v) is 6.74. The van der Waals surface area contributed by atoms with Crippen molar-refractivity contribution in [2.45, 2.75) is 89.0 Å². The summed E-state index contributed by atoms with van der Waals surface area (Å²) >= 11 is 0. The zero-order valence-electron chi connectivity index (χ0n) is 20.5. The summed E-state index contributed by atoms with van der Waals surface area (Å²) in [7, 11) is 0. The fourth-order valence-electron chi connectivity index (χ4n) is 4.67. The van der Waals surface area contributed by atoms with E-state index in [-0.39, 0.29) is 12.3 Å². The van der Waals surface area contributed by atoms with Crippen molar-refractivity contribution in [3.8, 4) is 0 Å². The van der Waals surface area contributed by atoms with Crippen molar-refractivity contribution in [2.24, 2.45) is 0 Å². The summed E-state index contributed by atoms with van der Waals surface area (Å²) in [5, 5.41) is 6.32. The molecule has 2 aromatic carbocycles. The average molecular weight is 511 g/mol. The van der Waals surface area contributed by atoms with E-state index in [0.717, 1.165) is 60.3 Å². The van der Waals surface area contributed by atoms with Gasteiger partial charge in [0.25, 0.3) is 0 Å². The smallest absolute Gasteiger partial charge is 0.381 e. The van der Waals surface area contributed by atoms with Gasteiger partial charge in [-0.1, -0.05) is 44.2 Å². The quantitative estimate of drug-likeness (QED) is 0.222. The van der Waals surface area contributed by atoms with Gasteiger partial charge in [0, 0.05) is 24.3 Å². The molecule has 1 saturated carbocycles. The van der Waals surface area contributed by atoms with E-state index < -0.39 is 24.6 Å². The Hall–Kier alpha value is -2.64. The molecular weight excluding hydrogens is 475 g/mol. The highest BCUT2D eigenvalue weighted by Crippen LogP contribution is 2.38. The van der Waals surface area contributed by atoms with E-state index in [0.29, 0.717) is 38.1 Å². The Labute approximate surface area is 209 Å². The van der Waals surface area contributed by atoms with E-state index in [9.17, 15) is 26.7 Å². The zero-order chi connectivity index (χ0) is 26.0. The lowest BCUT2D eigenvalue weighted by Crippen LogP contribution is -2.15. The summed E-state index contributed by atoms with van der Waals surface area (Å²) in [6.45, 7) is -0.574. The number of halogens is 5. The molecule has 2 aromatic rings. The minimum Gasteiger partial charge on any atom is -0.381 e. The van der Waals surface area contributed by atoms with Gasteiger partial charge in [0.05, 0.1) is 5.56 Å². The molecule has 0 spiro atoms. The number of amides is 1. The first-order valence-electron chi connectivity index (χ1n) is 12.8. The largest absolute Gasteiger partial charge is 0.416 e. The van der Waals surface area contributed by atoms with Gasteiger partial charge in [-0.25, -0.2) is 8.78 Å². The van der Waals surface area contributed by atoms with Crippen LogP contribution in [0.5, 0.6) is 0 Å². The number of hydrogen-bond acceptors (Lipinski definition) is 2. The van der Waals surface area contributed by atoms with Crippen LogP contribution in [0.25, 0.3) is 0 Å². The maximum atomic E-state index is 13.0. The Bertz CT molecular complexity index is 955. The Kier molecular flexibility index (Phi) is 10.6. The van der Waals surface area contributed by atoms with Crippen molar-refractivity contribution < 1.29 is 26.7 Å². The van der Waals surface area contributed by atoms with Crippen molar-refractivity contribution in [3.63, 3.8) is 0 Å². The van der Waals surface area contributed by atoms with Gasteiger partial charge in [-0.3, -0.25) is 4.79 Å². The summed E-state index contributed by atoms with van der Waals surface area (Å²) in [6.07, 6.45) is 2.16. The maximum Gasteiger partial charge on any atom is 0.416 e. The van der Waals surface area contributed by atoms with E-state index in [1.807, 2.05) is 18.2 Å². The summed E-state index contributed by atoms with van der Waals surface area (Å²) < 4.78 is 63.5. The average Bonchev–Trinajstić information content (AvgIpc) is 2.88. The Morgan fingerprint density at radius 2 is 1.69 bits per heavy atom. The van der Waals surface area contributed by atoms with Crippen LogP contribution in [-0.4, -0.2) is 18.8 Å². The molecule has 1 fully saturated rings. The molecule has 0 bridgehead atoms. The molecule has 2 N–H and O–H groups in total. The topological polar surface area (TPSA) is 41.1 Å². The molecule has 3 nitrogen and oxygen atoms in total. The van der Waals surface area contributed by atoms with Gasteiger partial charge in [0.2, 0.25) is 5.91 Å². The van der Waals surface area contributed by atoms with Crippen LogP contribution < -0.4 is 10.6 Å². The summed E-state index contributed by atoms with van der Waals surface area (Å²) in [5.41, 5.74) is 2.78. The highest BCUT2D eigenvalue weighted by atomic mass is 19.4. The van der Waals surface area contributed by atoms with Crippen molar-refractivity contribution in [3.05, 3.63) is 59.2 Å². The monoisotopic (exact) mass is 510 g/mol. The van der Waals surface area contributed by atoms with Crippen molar-refractivity contribution >= 4 is 17.3 Å². The van der Waals surface area contributed by atoms with Gasteiger partial charge in [-0.15, -0.1) is 0 Å². The normalized spacial score (nSPS) is 15.5. The van der Waals surface area contributed by atoms with Crippen LogP contribution in [0.15, 0.2) is 42.5 Å². The number of benzene rings is 2. The third-order valence-electron chi connectivity index (χ3n) is 6.74. The van der Waals surface area contributed by atoms with Gasteiger partial charge >= 0.3 is 6.18 Å². The molecule has 0 radical (unpaired) electrons. The number of carbonyl (C=O) groups excluding carboxylic acids is 1. The van der Waals surface area contributed by atoms with Gasteiger partial charge < -0.3 is 10.6 Å². The van der Waals surface area contributed by atoms with E-state index in [1.54, 1.807) is 0 Å². The van der Waals surface area contributed by atoms with Crippen LogP contribution in [0.1, 0.15) is 86.8 Å². The van der Waals surface area contributed by atoms with Crippen LogP contribution in [0.4, 0.5) is 33.3 Å². The number of nitrogens with one attached hydrogen (secondary N) is 2. The standard InChI is InChI=1S/C28H35F5N2O/c29-18-23(30)9-5-2-6-10-27(36)35-26-16-15-24(17-25(26)21-7-3-1-4-8-21)34-19-20-11-13-22(14-12-20)28(31,32)33/h11-17,21,23,34H,1-10,18-19H2,(H,35,36)/t23-/m1/s1. The third kappa shape index (κ3) is 8.79. The van der Waals surface area contributed by atoms with Gasteiger partial charge in [0.1, 0.15) is 12.8 Å². The van der Waals surface area contributed by atoms with E-state index in [4.69, 9.17) is 0 Å². The first-order valence-corrected chi connectivity index (χ1v) is 12.8. The molecule has 0 heterocycles. The van der Waals surface area contributed by atoms with Crippen LogP contribution >= 0.6 is 0 Å². The SMILES string of the molecule is O=C(CCCCC[C@@H](F)CF)Nc1ccc(NCc2ccc(C(F)(F)F)cc2)cc1C1CCCCC1. The molecule has 1 aliphatic carbocycles. The second kappa shape index (κ2) is 13.6. The fraction of sp³-hybridized carbons (Fsp3) is 0.536. The molecular formula is C28H35F5N2O. The van der Waals surface area contributed by atoms with Crippen LogP contribution in [0.2, 0.25) is 0 Å². The van der Waals surface area contributed by atoms with Gasteiger partial charge in [-0.2, -0.15) is 13.2 Å². The number of alkyl halides is 5. The summed E-state index contributed by atoms with van der Waals surface area (Å²) in [5.74, 6) is 0.240. The highest BCUT2D eigenvalue weighted by molar-refractivity contribution is 5.92. The van der Waals surface area contributed by atoms with E-state index in [2.05, 4.69) is 10.6 Å². The first kappa shape index (κ1) is 27.9. The lowest BCUT2D eigenvalue weighted by atomic mass is 9.83. The summed E-state index contributed by atoms with van der Waals surface area (Å²) in [4.78, 5) is 12.6. The van der Waals surface area contributed by atoms with Gasteiger partial charge in [-0.05, 0) is 73.1 Å². The zero-order valence-corrected chi connectivity index (χ0v) is 20.5. The van der Waals surface area contributed by atoms with Crippen LogP contribution in [0.3, 0.4) is 0 Å². The molecule has 198 valence electrons. The maximum absolute atomic E-state index is 13.0. The molecule has 1 atom stereocenters. The molecule has 8 heteroatoms. The fourth-order valence-corrected chi connectivity index (χ4v) is 4.67. The minimum absolute atomic E-state index is 0.0974. The van der Waals surface area contributed by atoms with E-state index >= 15 is 0 Å². The minimum atomic E-state index is -4.35. The predicted molar refractivity (Wildman–Crippen MR) is 134 cm³/mol. The lowest BCUT2D eigenvalue weighted by Gasteiger charge is -2.25. The molecule has 3 rings (SSSR count). The molecule has 1 aliphatic rings. The second-order valence-corrected chi connectivity index (χ2v) is 9.58. The van der Waals surface area contributed by atoms with Crippen molar-refractivity contribution in [1.29, 1.82) is 0 Å². The summed E-state index contributed by atoms with van der Waals surface area (Å²) in [6, 6.07) is 10.9. The molecule has 36 heavy (non-hydrogen) atoms. The Morgan fingerprint density at radius 1 is 0.972 bits per heavy atom. The lowest BCUT2D eigenvalue weighted by molar-refractivity contribution is -0.137. The number of unbranched alkanes of at least 4 members (excludes halogenated alkanes) is 2. The Morgan fingerprint density at radius 3 is 2.36 bits per heavy atom. The highest BCUT2D eigenvalue weighted by Gasteiger charge is 2.29. The molecule has 0 saturated heterocycles. The van der Waals surface area contributed by atoms with Crippen molar-refractivity contribution in [2.75, 3.05) is 17.3 Å². The number of anilines is 2.